The lowest BCUT2D eigenvalue weighted by molar-refractivity contribution is -0.116. The second-order valence-corrected chi connectivity index (χ2v) is 8.38. The van der Waals surface area contributed by atoms with E-state index < -0.39 is 0 Å². The van der Waals surface area contributed by atoms with Gasteiger partial charge in [0, 0.05) is 36.8 Å². The predicted molar refractivity (Wildman–Crippen MR) is 115 cm³/mol. The summed E-state index contributed by atoms with van der Waals surface area (Å²) in [5.41, 5.74) is 6.02. The maximum absolute atomic E-state index is 12.4. The quantitative estimate of drug-likeness (QED) is 0.669. The summed E-state index contributed by atoms with van der Waals surface area (Å²) < 4.78 is 0. The number of carbonyl (C=O) groups excluding carboxylic acids is 1. The van der Waals surface area contributed by atoms with Gasteiger partial charge in [-0.25, -0.2) is 4.98 Å². The fourth-order valence-electron chi connectivity index (χ4n) is 3.59. The highest BCUT2D eigenvalue weighted by Crippen LogP contribution is 2.24. The molecule has 3 aromatic rings. The zero-order chi connectivity index (χ0) is 19.3. The highest BCUT2D eigenvalue weighted by Gasteiger charge is 2.18. The van der Waals surface area contributed by atoms with E-state index in [4.69, 9.17) is 0 Å². The maximum Gasteiger partial charge on any atom is 0.224 e. The number of hydrogen-bond donors (Lipinski definition) is 1. The van der Waals surface area contributed by atoms with Crippen LogP contribution in [0.15, 0.2) is 54.0 Å². The van der Waals surface area contributed by atoms with Gasteiger partial charge in [-0.1, -0.05) is 35.9 Å². The Morgan fingerprint density at radius 3 is 2.82 bits per heavy atom. The summed E-state index contributed by atoms with van der Waals surface area (Å²) in [6, 6.07) is 14.7. The Hall–Kier alpha value is -2.50. The normalized spacial score (nSPS) is 13.9. The van der Waals surface area contributed by atoms with Crippen LogP contribution in [0.4, 0.5) is 5.69 Å². The van der Waals surface area contributed by atoms with Crippen LogP contribution in [0.5, 0.6) is 0 Å². The fraction of sp³-hybridized carbons (Fsp3) is 0.304. The molecule has 0 atom stereocenters. The Morgan fingerprint density at radius 1 is 1.18 bits per heavy atom. The summed E-state index contributed by atoms with van der Waals surface area (Å²) in [7, 11) is 0. The number of carbonyl (C=O) groups is 1. The summed E-state index contributed by atoms with van der Waals surface area (Å²) in [5, 5.41) is 6.25. The second-order valence-electron chi connectivity index (χ2n) is 7.40. The molecule has 5 heteroatoms. The van der Waals surface area contributed by atoms with Gasteiger partial charge in [-0.05, 0) is 48.6 Å². The number of anilines is 1. The van der Waals surface area contributed by atoms with E-state index in [1.54, 1.807) is 11.3 Å². The van der Waals surface area contributed by atoms with E-state index in [0.29, 0.717) is 6.42 Å². The van der Waals surface area contributed by atoms with Crippen LogP contribution in [-0.4, -0.2) is 22.3 Å². The molecule has 0 bridgehead atoms. The molecule has 0 unspecified atom stereocenters. The minimum absolute atomic E-state index is 0.0657. The smallest absolute Gasteiger partial charge is 0.224 e. The molecule has 1 N–H and O–H groups in total. The van der Waals surface area contributed by atoms with Crippen LogP contribution in [0.1, 0.15) is 33.7 Å². The van der Waals surface area contributed by atoms with Crippen LogP contribution in [0, 0.1) is 6.92 Å². The molecule has 0 spiro atoms. The van der Waals surface area contributed by atoms with Gasteiger partial charge < -0.3 is 5.32 Å². The molecule has 28 heavy (non-hydrogen) atoms. The summed E-state index contributed by atoms with van der Waals surface area (Å²) in [4.78, 5) is 19.2. The monoisotopic (exact) mass is 391 g/mol. The summed E-state index contributed by atoms with van der Waals surface area (Å²) >= 11 is 1.70. The average molecular weight is 392 g/mol. The third-order valence-electron chi connectivity index (χ3n) is 5.19. The van der Waals surface area contributed by atoms with Gasteiger partial charge in [0.25, 0.3) is 0 Å². The molecule has 4 rings (SSSR count). The Labute approximate surface area is 170 Å². The molecule has 1 aromatic heterocycles. The van der Waals surface area contributed by atoms with E-state index in [1.807, 2.05) is 17.6 Å². The molecule has 1 aliphatic rings. The summed E-state index contributed by atoms with van der Waals surface area (Å²) in [5.74, 6) is 0.0657. The average Bonchev–Trinajstić information content (AvgIpc) is 3.20. The largest absolute Gasteiger partial charge is 0.326 e. The molecule has 0 radical (unpaired) electrons. The lowest BCUT2D eigenvalue weighted by Crippen LogP contribution is -2.30. The van der Waals surface area contributed by atoms with E-state index >= 15 is 0 Å². The molecule has 2 aromatic carbocycles. The zero-order valence-electron chi connectivity index (χ0n) is 16.1. The molecule has 0 saturated heterocycles. The van der Waals surface area contributed by atoms with Crippen molar-refractivity contribution < 1.29 is 4.79 Å². The molecular weight excluding hydrogens is 366 g/mol. The van der Waals surface area contributed by atoms with Gasteiger partial charge in [0.15, 0.2) is 0 Å². The standard InChI is InChI=1S/C23H25N3OS/c1-17-2-4-18(5-3-17)6-9-22(27)25-21-8-7-19-10-12-26(15-20(19)14-21)16-23-24-11-13-28-23/h2-5,7-8,11,13-14H,6,9-10,12,15-16H2,1H3,(H,25,27). The molecule has 0 fully saturated rings. The van der Waals surface area contributed by atoms with Crippen molar-refractivity contribution in [3.8, 4) is 0 Å². The number of nitrogens with zero attached hydrogens (tertiary/aromatic N) is 2. The Balaban J connectivity index is 1.34. The van der Waals surface area contributed by atoms with E-state index in [-0.39, 0.29) is 5.91 Å². The number of hydrogen-bond acceptors (Lipinski definition) is 4. The van der Waals surface area contributed by atoms with Crippen molar-refractivity contribution in [2.45, 2.75) is 39.3 Å². The molecule has 0 saturated carbocycles. The van der Waals surface area contributed by atoms with Crippen molar-refractivity contribution in [2.24, 2.45) is 0 Å². The molecule has 4 nitrogen and oxygen atoms in total. The van der Waals surface area contributed by atoms with E-state index in [1.165, 1.54) is 22.3 Å². The third-order valence-corrected chi connectivity index (χ3v) is 5.95. The van der Waals surface area contributed by atoms with E-state index in [9.17, 15) is 4.79 Å². The number of aryl methyl sites for hydroxylation is 2. The first-order chi connectivity index (χ1) is 13.7. The van der Waals surface area contributed by atoms with Crippen LogP contribution in [0.3, 0.4) is 0 Å². The van der Waals surface area contributed by atoms with Crippen molar-refractivity contribution in [3.63, 3.8) is 0 Å². The number of rotatable bonds is 6. The van der Waals surface area contributed by atoms with E-state index in [0.717, 1.165) is 43.2 Å². The van der Waals surface area contributed by atoms with Crippen molar-refractivity contribution in [3.05, 3.63) is 81.3 Å². The van der Waals surface area contributed by atoms with Crippen molar-refractivity contribution in [1.29, 1.82) is 0 Å². The first-order valence-electron chi connectivity index (χ1n) is 9.73. The minimum atomic E-state index is 0.0657. The first kappa shape index (κ1) is 18.8. The van der Waals surface area contributed by atoms with Crippen LogP contribution in [0.25, 0.3) is 0 Å². The van der Waals surface area contributed by atoms with Gasteiger partial charge in [0.05, 0.1) is 6.54 Å². The lowest BCUT2D eigenvalue weighted by atomic mass is 9.99. The van der Waals surface area contributed by atoms with Crippen LogP contribution in [-0.2, 0) is 30.7 Å². The SMILES string of the molecule is Cc1ccc(CCC(=O)Nc2ccc3c(c2)CN(Cc2nccs2)CC3)cc1. The zero-order valence-corrected chi connectivity index (χ0v) is 17.0. The highest BCUT2D eigenvalue weighted by atomic mass is 32.1. The molecule has 0 aliphatic carbocycles. The third kappa shape index (κ3) is 4.86. The summed E-state index contributed by atoms with van der Waals surface area (Å²) in [6.45, 7) is 4.92. The second kappa shape index (κ2) is 8.67. The number of thiazole rings is 1. The topological polar surface area (TPSA) is 45.2 Å². The molecule has 144 valence electrons. The van der Waals surface area contributed by atoms with Crippen molar-refractivity contribution in [2.75, 3.05) is 11.9 Å². The van der Waals surface area contributed by atoms with Gasteiger partial charge in [-0.2, -0.15) is 0 Å². The van der Waals surface area contributed by atoms with Gasteiger partial charge in [0.1, 0.15) is 5.01 Å². The van der Waals surface area contributed by atoms with Crippen molar-refractivity contribution >= 4 is 22.9 Å². The predicted octanol–water partition coefficient (Wildman–Crippen LogP) is 4.58. The Bertz CT molecular complexity index is 935. The van der Waals surface area contributed by atoms with Crippen LogP contribution >= 0.6 is 11.3 Å². The number of aromatic nitrogens is 1. The molecule has 1 amide bonds. The van der Waals surface area contributed by atoms with Gasteiger partial charge in [-0.15, -0.1) is 11.3 Å². The van der Waals surface area contributed by atoms with Crippen molar-refractivity contribution in [1.82, 2.24) is 9.88 Å². The molecular formula is C23H25N3OS. The number of nitrogens with one attached hydrogen (secondary N) is 1. The lowest BCUT2D eigenvalue weighted by Gasteiger charge is -2.28. The number of fused-ring (bicyclic) bond motifs is 1. The molecule has 1 aliphatic heterocycles. The highest BCUT2D eigenvalue weighted by molar-refractivity contribution is 7.09. The maximum atomic E-state index is 12.4. The minimum Gasteiger partial charge on any atom is -0.326 e. The van der Waals surface area contributed by atoms with Gasteiger partial charge in [-0.3, -0.25) is 9.69 Å². The fourth-order valence-corrected chi connectivity index (χ4v) is 4.24. The number of benzene rings is 2. The first-order valence-corrected chi connectivity index (χ1v) is 10.6. The van der Waals surface area contributed by atoms with Crippen LogP contribution in [0.2, 0.25) is 0 Å². The Kier molecular flexibility index (Phi) is 5.84. The molecule has 2 heterocycles. The summed E-state index contributed by atoms with van der Waals surface area (Å²) in [6.07, 6.45) is 4.17. The van der Waals surface area contributed by atoms with Crippen LogP contribution < -0.4 is 5.32 Å². The number of amides is 1. The van der Waals surface area contributed by atoms with Gasteiger partial charge in [0.2, 0.25) is 5.91 Å². The van der Waals surface area contributed by atoms with E-state index in [2.05, 4.69) is 58.5 Å². The Morgan fingerprint density at radius 2 is 2.04 bits per heavy atom. The van der Waals surface area contributed by atoms with Gasteiger partial charge >= 0.3 is 0 Å².